The lowest BCUT2D eigenvalue weighted by molar-refractivity contribution is 0.660. The summed E-state index contributed by atoms with van der Waals surface area (Å²) in [6, 6.07) is 45.8. The molecule has 1 aliphatic carbocycles. The Hall–Kier alpha value is -4.82. The van der Waals surface area contributed by atoms with Gasteiger partial charge in [-0.3, -0.25) is 0 Å². The van der Waals surface area contributed by atoms with Crippen molar-refractivity contribution >= 4 is 49.8 Å². The van der Waals surface area contributed by atoms with Crippen molar-refractivity contribution < 1.29 is 4.42 Å². The zero-order valence-electron chi connectivity index (χ0n) is 22.0. The number of hydrogen-bond donors (Lipinski definition) is 0. The van der Waals surface area contributed by atoms with Crippen LogP contribution < -0.4 is 4.90 Å². The average Bonchev–Trinajstić information content (AvgIpc) is 3.47. The summed E-state index contributed by atoms with van der Waals surface area (Å²) in [6.45, 7) is 4.66. The van der Waals surface area contributed by atoms with Gasteiger partial charge in [0.2, 0.25) is 0 Å². The van der Waals surface area contributed by atoms with Crippen LogP contribution in [-0.4, -0.2) is 0 Å². The fourth-order valence-electron chi connectivity index (χ4n) is 6.50. The van der Waals surface area contributed by atoms with E-state index in [9.17, 15) is 0 Å². The topological polar surface area (TPSA) is 16.4 Å². The van der Waals surface area contributed by atoms with Gasteiger partial charge in [-0.25, -0.2) is 0 Å². The summed E-state index contributed by atoms with van der Waals surface area (Å²) in [5.74, 6) is 0. The molecular weight excluding hydrogens is 474 g/mol. The van der Waals surface area contributed by atoms with Gasteiger partial charge < -0.3 is 9.32 Å². The number of benzene rings is 6. The predicted octanol–water partition coefficient (Wildman–Crippen LogP) is 10.5. The van der Waals surface area contributed by atoms with E-state index in [4.69, 9.17) is 4.42 Å². The molecule has 0 amide bonds. The molecule has 0 radical (unpaired) electrons. The normalized spacial score (nSPS) is 13.6. The molecular formula is C37H27NO. The molecule has 1 aliphatic rings. The molecule has 8 rings (SSSR count). The smallest absolute Gasteiger partial charge is 0.143 e. The molecule has 6 aromatic carbocycles. The van der Waals surface area contributed by atoms with E-state index in [1.807, 2.05) is 12.1 Å². The first-order chi connectivity index (χ1) is 19.1. The monoisotopic (exact) mass is 501 g/mol. The van der Waals surface area contributed by atoms with Crippen LogP contribution in [0.2, 0.25) is 0 Å². The van der Waals surface area contributed by atoms with Crippen LogP contribution in [0.5, 0.6) is 0 Å². The molecule has 0 aliphatic heterocycles. The third kappa shape index (κ3) is 3.21. The molecule has 0 saturated carbocycles. The quantitative estimate of drug-likeness (QED) is 0.239. The van der Waals surface area contributed by atoms with Gasteiger partial charge in [-0.1, -0.05) is 92.7 Å². The van der Waals surface area contributed by atoms with E-state index < -0.39 is 0 Å². The Bertz CT molecular complexity index is 2050. The molecule has 1 heterocycles. The molecule has 7 aromatic rings. The van der Waals surface area contributed by atoms with Gasteiger partial charge in [0, 0.05) is 38.6 Å². The lowest BCUT2D eigenvalue weighted by Crippen LogP contribution is -2.15. The molecule has 0 spiro atoms. The number of rotatable bonds is 3. The van der Waals surface area contributed by atoms with Gasteiger partial charge in [-0.15, -0.1) is 0 Å². The number of furan rings is 1. The number of anilines is 3. The van der Waals surface area contributed by atoms with E-state index in [2.05, 4.69) is 134 Å². The molecule has 0 N–H and O–H groups in total. The number of nitrogens with zero attached hydrogens (tertiary/aromatic N) is 1. The van der Waals surface area contributed by atoms with Gasteiger partial charge in [0.1, 0.15) is 11.2 Å². The van der Waals surface area contributed by atoms with Crippen molar-refractivity contribution in [2.24, 2.45) is 0 Å². The Balaban J connectivity index is 1.36. The fraction of sp³-hybridized carbons (Fsp3) is 0.0811. The minimum absolute atomic E-state index is 0.0160. The fourth-order valence-corrected chi connectivity index (χ4v) is 6.50. The highest BCUT2D eigenvalue weighted by Crippen LogP contribution is 2.50. The van der Waals surface area contributed by atoms with Crippen molar-refractivity contribution in [3.05, 3.63) is 139 Å². The maximum absolute atomic E-state index is 6.42. The largest absolute Gasteiger partial charge is 0.455 e. The van der Waals surface area contributed by atoms with Gasteiger partial charge in [-0.2, -0.15) is 0 Å². The predicted molar refractivity (Wildman–Crippen MR) is 163 cm³/mol. The van der Waals surface area contributed by atoms with E-state index in [1.165, 1.54) is 27.6 Å². The second-order valence-electron chi connectivity index (χ2n) is 11.0. The van der Waals surface area contributed by atoms with E-state index in [0.29, 0.717) is 0 Å². The van der Waals surface area contributed by atoms with Crippen LogP contribution in [0.4, 0.5) is 17.1 Å². The van der Waals surface area contributed by atoms with Crippen molar-refractivity contribution in [2.75, 3.05) is 4.90 Å². The lowest BCUT2D eigenvalue weighted by Gasteiger charge is -2.27. The summed E-state index contributed by atoms with van der Waals surface area (Å²) in [5.41, 5.74) is 10.6. The first-order valence-corrected chi connectivity index (χ1v) is 13.5. The van der Waals surface area contributed by atoms with Crippen LogP contribution in [0, 0.1) is 0 Å². The van der Waals surface area contributed by atoms with Crippen molar-refractivity contribution in [1.29, 1.82) is 0 Å². The summed E-state index contributed by atoms with van der Waals surface area (Å²) in [4.78, 5) is 2.36. The van der Waals surface area contributed by atoms with E-state index in [1.54, 1.807) is 0 Å². The van der Waals surface area contributed by atoms with Crippen LogP contribution >= 0.6 is 0 Å². The van der Waals surface area contributed by atoms with Crippen molar-refractivity contribution in [3.8, 4) is 11.1 Å². The molecule has 2 heteroatoms. The van der Waals surface area contributed by atoms with Gasteiger partial charge >= 0.3 is 0 Å². The third-order valence-electron chi connectivity index (χ3n) is 8.44. The molecule has 0 atom stereocenters. The number of hydrogen-bond acceptors (Lipinski definition) is 2. The lowest BCUT2D eigenvalue weighted by atomic mass is 9.82. The van der Waals surface area contributed by atoms with Crippen LogP contribution in [0.15, 0.2) is 132 Å². The molecule has 1 aromatic heterocycles. The summed E-state index contributed by atoms with van der Waals surface area (Å²) in [6.07, 6.45) is 0. The van der Waals surface area contributed by atoms with Gasteiger partial charge in [0.25, 0.3) is 0 Å². The summed E-state index contributed by atoms with van der Waals surface area (Å²) >= 11 is 0. The Morgan fingerprint density at radius 1 is 0.513 bits per heavy atom. The molecule has 0 unspecified atom stereocenters. The minimum atomic E-state index is -0.0160. The Kier molecular flexibility index (Phi) is 4.60. The molecule has 0 fully saturated rings. The number of fused-ring (bicyclic) bond motifs is 8. The van der Waals surface area contributed by atoms with Gasteiger partial charge in [0.05, 0.1) is 0 Å². The molecule has 186 valence electrons. The Labute approximate surface area is 227 Å². The van der Waals surface area contributed by atoms with Gasteiger partial charge in [-0.05, 0) is 76.2 Å². The zero-order chi connectivity index (χ0) is 26.1. The minimum Gasteiger partial charge on any atom is -0.455 e. The third-order valence-corrected chi connectivity index (χ3v) is 8.44. The summed E-state index contributed by atoms with van der Waals surface area (Å²) in [7, 11) is 0. The van der Waals surface area contributed by atoms with Crippen molar-refractivity contribution in [3.63, 3.8) is 0 Å². The average molecular weight is 502 g/mol. The summed E-state index contributed by atoms with van der Waals surface area (Å²) < 4.78 is 6.42. The highest BCUT2D eigenvalue weighted by atomic mass is 16.3. The standard InChI is InChI=1S/C37H27NO/c1-37(2)33-14-8-6-12-28(33)32-23-27(19-21-34(32)37)38(25-10-4-3-5-11-25)26-18-16-24-17-20-30-29-13-7-9-15-35(29)39-36(30)31(24)22-26/h3-23H,1-2H3. The van der Waals surface area contributed by atoms with E-state index in [-0.39, 0.29) is 5.41 Å². The molecule has 39 heavy (non-hydrogen) atoms. The molecule has 2 nitrogen and oxygen atoms in total. The zero-order valence-corrected chi connectivity index (χ0v) is 22.0. The van der Waals surface area contributed by atoms with Crippen LogP contribution in [0.1, 0.15) is 25.0 Å². The van der Waals surface area contributed by atoms with Crippen LogP contribution in [0.25, 0.3) is 43.8 Å². The van der Waals surface area contributed by atoms with E-state index >= 15 is 0 Å². The van der Waals surface area contributed by atoms with Crippen LogP contribution in [-0.2, 0) is 5.41 Å². The van der Waals surface area contributed by atoms with Crippen molar-refractivity contribution in [2.45, 2.75) is 19.3 Å². The maximum atomic E-state index is 6.42. The molecule has 0 saturated heterocycles. The van der Waals surface area contributed by atoms with Crippen LogP contribution in [0.3, 0.4) is 0 Å². The molecule has 0 bridgehead atoms. The summed E-state index contributed by atoms with van der Waals surface area (Å²) in [5, 5.41) is 4.59. The Morgan fingerprint density at radius 2 is 1.21 bits per heavy atom. The second kappa shape index (κ2) is 8.09. The first kappa shape index (κ1) is 22.2. The van der Waals surface area contributed by atoms with Crippen molar-refractivity contribution in [1.82, 2.24) is 0 Å². The first-order valence-electron chi connectivity index (χ1n) is 13.5. The second-order valence-corrected chi connectivity index (χ2v) is 11.0. The van der Waals surface area contributed by atoms with Gasteiger partial charge in [0.15, 0.2) is 0 Å². The highest BCUT2D eigenvalue weighted by Gasteiger charge is 2.35. The highest BCUT2D eigenvalue weighted by molar-refractivity contribution is 6.15. The maximum Gasteiger partial charge on any atom is 0.143 e. The van der Waals surface area contributed by atoms with E-state index in [0.717, 1.165) is 44.4 Å². The Morgan fingerprint density at radius 3 is 2.10 bits per heavy atom. The SMILES string of the molecule is CC1(C)c2ccccc2-c2cc(N(c3ccccc3)c3ccc4ccc5c6ccccc6oc5c4c3)ccc21. The number of para-hydroxylation sites is 2.